The van der Waals surface area contributed by atoms with Crippen LogP contribution in [0.3, 0.4) is 0 Å². The van der Waals surface area contributed by atoms with Gasteiger partial charge in [-0.25, -0.2) is 4.98 Å². The molecule has 88 valence electrons. The Morgan fingerprint density at radius 1 is 1.62 bits per heavy atom. The highest BCUT2D eigenvalue weighted by Crippen LogP contribution is 2.17. The number of aromatic nitrogens is 1. The summed E-state index contributed by atoms with van der Waals surface area (Å²) in [6.45, 7) is 5.43. The number of hydrogen-bond donors (Lipinski definition) is 2. The molecule has 0 bridgehead atoms. The fraction of sp³-hybridized carbons (Fsp3) is 0.583. The number of rotatable bonds is 3. The summed E-state index contributed by atoms with van der Waals surface area (Å²) in [5.41, 5.74) is 7.51. The SMILES string of the molecule is Cc1cc(N)cnc1NCC1CCN(C)C1. The van der Waals surface area contributed by atoms with Crippen LogP contribution in [0.2, 0.25) is 0 Å². The lowest BCUT2D eigenvalue weighted by molar-refractivity contribution is 0.399. The molecule has 0 aromatic carbocycles. The molecule has 3 N–H and O–H groups in total. The molecule has 16 heavy (non-hydrogen) atoms. The van der Waals surface area contributed by atoms with Gasteiger partial charge >= 0.3 is 0 Å². The zero-order valence-electron chi connectivity index (χ0n) is 10.0. The third kappa shape index (κ3) is 2.64. The minimum Gasteiger partial charge on any atom is -0.397 e. The molecule has 0 aliphatic carbocycles. The van der Waals surface area contributed by atoms with Crippen LogP contribution in [-0.4, -0.2) is 36.6 Å². The molecule has 4 nitrogen and oxygen atoms in total. The van der Waals surface area contributed by atoms with Crippen LogP contribution in [0.5, 0.6) is 0 Å². The zero-order chi connectivity index (χ0) is 11.5. The molecule has 0 saturated carbocycles. The minimum absolute atomic E-state index is 0.726. The lowest BCUT2D eigenvalue weighted by Crippen LogP contribution is -2.19. The number of anilines is 2. The van der Waals surface area contributed by atoms with Crippen LogP contribution in [0.15, 0.2) is 12.3 Å². The minimum atomic E-state index is 0.726. The van der Waals surface area contributed by atoms with Gasteiger partial charge in [-0.05, 0) is 44.5 Å². The fourth-order valence-corrected chi connectivity index (χ4v) is 2.22. The van der Waals surface area contributed by atoms with Gasteiger partial charge in [-0.1, -0.05) is 0 Å². The first-order valence-electron chi connectivity index (χ1n) is 5.79. The van der Waals surface area contributed by atoms with Crippen molar-refractivity contribution in [3.05, 3.63) is 17.8 Å². The van der Waals surface area contributed by atoms with E-state index in [0.29, 0.717) is 0 Å². The van der Waals surface area contributed by atoms with E-state index in [1.807, 2.05) is 13.0 Å². The Bertz CT molecular complexity index is 364. The lowest BCUT2D eigenvalue weighted by atomic mass is 10.1. The van der Waals surface area contributed by atoms with E-state index in [0.717, 1.165) is 29.5 Å². The van der Waals surface area contributed by atoms with Crippen LogP contribution in [0.4, 0.5) is 11.5 Å². The molecule has 1 aromatic rings. The van der Waals surface area contributed by atoms with Crippen molar-refractivity contribution in [1.29, 1.82) is 0 Å². The first-order valence-corrected chi connectivity index (χ1v) is 5.79. The van der Waals surface area contributed by atoms with Crippen molar-refractivity contribution >= 4 is 11.5 Å². The quantitative estimate of drug-likeness (QED) is 0.807. The highest BCUT2D eigenvalue weighted by atomic mass is 15.1. The molecule has 1 aliphatic heterocycles. The van der Waals surface area contributed by atoms with E-state index in [1.54, 1.807) is 6.20 Å². The van der Waals surface area contributed by atoms with Gasteiger partial charge in [-0.3, -0.25) is 0 Å². The van der Waals surface area contributed by atoms with Gasteiger partial charge in [0.05, 0.1) is 11.9 Å². The van der Waals surface area contributed by atoms with Crippen molar-refractivity contribution in [2.45, 2.75) is 13.3 Å². The van der Waals surface area contributed by atoms with Gasteiger partial charge in [0, 0.05) is 13.1 Å². The van der Waals surface area contributed by atoms with Crippen molar-refractivity contribution < 1.29 is 0 Å². The van der Waals surface area contributed by atoms with E-state index >= 15 is 0 Å². The van der Waals surface area contributed by atoms with Crippen LogP contribution in [0.25, 0.3) is 0 Å². The molecule has 1 unspecified atom stereocenters. The van der Waals surface area contributed by atoms with Crippen molar-refractivity contribution in [2.24, 2.45) is 5.92 Å². The van der Waals surface area contributed by atoms with Crippen LogP contribution in [0, 0.1) is 12.8 Å². The van der Waals surface area contributed by atoms with Crippen LogP contribution >= 0.6 is 0 Å². The van der Waals surface area contributed by atoms with Crippen molar-refractivity contribution in [3.8, 4) is 0 Å². The number of pyridine rings is 1. The fourth-order valence-electron chi connectivity index (χ4n) is 2.22. The average molecular weight is 220 g/mol. The standard InChI is InChI=1S/C12H20N4/c1-9-5-11(13)7-15-12(9)14-6-10-3-4-16(2)8-10/h5,7,10H,3-4,6,8,13H2,1-2H3,(H,14,15). The average Bonchev–Trinajstić information content (AvgIpc) is 2.63. The molecular formula is C12H20N4. The van der Waals surface area contributed by atoms with Gasteiger partial charge in [-0.15, -0.1) is 0 Å². The molecule has 0 amide bonds. The normalized spacial score (nSPS) is 21.2. The summed E-state index contributed by atoms with van der Waals surface area (Å²) in [7, 11) is 2.17. The molecular weight excluding hydrogens is 200 g/mol. The number of aryl methyl sites for hydroxylation is 1. The Balaban J connectivity index is 1.89. The summed E-state index contributed by atoms with van der Waals surface area (Å²) in [5, 5.41) is 3.41. The third-order valence-corrected chi connectivity index (χ3v) is 3.15. The Hall–Kier alpha value is -1.29. The maximum atomic E-state index is 5.67. The van der Waals surface area contributed by atoms with Crippen molar-refractivity contribution in [3.63, 3.8) is 0 Å². The highest BCUT2D eigenvalue weighted by molar-refractivity contribution is 5.50. The van der Waals surface area contributed by atoms with Crippen LogP contribution in [-0.2, 0) is 0 Å². The van der Waals surface area contributed by atoms with E-state index in [4.69, 9.17) is 5.73 Å². The van der Waals surface area contributed by atoms with Crippen LogP contribution in [0.1, 0.15) is 12.0 Å². The third-order valence-electron chi connectivity index (χ3n) is 3.15. The molecule has 2 rings (SSSR count). The molecule has 2 heterocycles. The van der Waals surface area contributed by atoms with Gasteiger partial charge in [0.2, 0.25) is 0 Å². The van der Waals surface area contributed by atoms with E-state index < -0.39 is 0 Å². The Kier molecular flexibility index (Phi) is 3.29. The van der Waals surface area contributed by atoms with Gasteiger partial charge in [0.1, 0.15) is 5.82 Å². The second-order valence-electron chi connectivity index (χ2n) is 4.73. The Morgan fingerprint density at radius 3 is 3.06 bits per heavy atom. The number of nitrogens with one attached hydrogen (secondary N) is 1. The molecule has 1 atom stereocenters. The number of nitrogens with two attached hydrogens (primary N) is 1. The van der Waals surface area contributed by atoms with E-state index in [9.17, 15) is 0 Å². The molecule has 1 aromatic heterocycles. The summed E-state index contributed by atoms with van der Waals surface area (Å²) < 4.78 is 0. The Morgan fingerprint density at radius 2 is 2.44 bits per heavy atom. The van der Waals surface area contributed by atoms with E-state index in [1.165, 1.54) is 19.5 Å². The van der Waals surface area contributed by atoms with Gasteiger partial charge in [0.25, 0.3) is 0 Å². The molecule has 0 spiro atoms. The van der Waals surface area contributed by atoms with Crippen molar-refractivity contribution in [1.82, 2.24) is 9.88 Å². The number of nitrogens with zero attached hydrogens (tertiary/aromatic N) is 2. The van der Waals surface area contributed by atoms with Crippen molar-refractivity contribution in [2.75, 3.05) is 37.7 Å². The molecule has 1 aliphatic rings. The lowest BCUT2D eigenvalue weighted by Gasteiger charge is -2.13. The molecule has 0 radical (unpaired) electrons. The number of hydrogen-bond acceptors (Lipinski definition) is 4. The number of nitrogen functional groups attached to an aromatic ring is 1. The molecule has 1 fully saturated rings. The molecule has 4 heteroatoms. The summed E-state index contributed by atoms with van der Waals surface area (Å²) >= 11 is 0. The monoisotopic (exact) mass is 220 g/mol. The second-order valence-corrected chi connectivity index (χ2v) is 4.73. The zero-order valence-corrected chi connectivity index (χ0v) is 10.0. The maximum Gasteiger partial charge on any atom is 0.129 e. The van der Waals surface area contributed by atoms with E-state index in [-0.39, 0.29) is 0 Å². The first-order chi connectivity index (χ1) is 7.65. The summed E-state index contributed by atoms with van der Waals surface area (Å²) in [6.07, 6.45) is 2.98. The molecule has 1 saturated heterocycles. The predicted molar refractivity (Wildman–Crippen MR) is 67.5 cm³/mol. The summed E-state index contributed by atoms with van der Waals surface area (Å²) in [4.78, 5) is 6.68. The second kappa shape index (κ2) is 4.70. The van der Waals surface area contributed by atoms with Gasteiger partial charge in [0.15, 0.2) is 0 Å². The highest BCUT2D eigenvalue weighted by Gasteiger charge is 2.19. The smallest absolute Gasteiger partial charge is 0.129 e. The maximum absolute atomic E-state index is 5.67. The first kappa shape index (κ1) is 11.2. The van der Waals surface area contributed by atoms with Crippen LogP contribution < -0.4 is 11.1 Å². The van der Waals surface area contributed by atoms with Gasteiger partial charge in [-0.2, -0.15) is 0 Å². The topological polar surface area (TPSA) is 54.2 Å². The largest absolute Gasteiger partial charge is 0.397 e. The summed E-state index contributed by atoms with van der Waals surface area (Å²) in [5.74, 6) is 1.70. The summed E-state index contributed by atoms with van der Waals surface area (Å²) in [6, 6.07) is 1.95. The Labute approximate surface area is 96.8 Å². The van der Waals surface area contributed by atoms with E-state index in [2.05, 4.69) is 22.2 Å². The number of likely N-dealkylation sites (tertiary alicyclic amines) is 1. The van der Waals surface area contributed by atoms with Gasteiger partial charge < -0.3 is 16.0 Å². The predicted octanol–water partition coefficient (Wildman–Crippen LogP) is 1.34.